The minimum Gasteiger partial charge on any atom is -0.489 e. The van der Waals surface area contributed by atoms with Crippen molar-refractivity contribution in [2.75, 3.05) is 6.61 Å². The highest BCUT2D eigenvalue weighted by Crippen LogP contribution is 2.26. The fourth-order valence-electron chi connectivity index (χ4n) is 2.99. The fraction of sp³-hybridized carbons (Fsp3) is 0.240. The summed E-state index contributed by atoms with van der Waals surface area (Å²) in [7, 11) is -3.70. The van der Waals surface area contributed by atoms with Crippen molar-refractivity contribution < 1.29 is 27.4 Å². The molecule has 0 amide bonds. The predicted octanol–water partition coefficient (Wildman–Crippen LogP) is 4.82. The van der Waals surface area contributed by atoms with E-state index in [2.05, 4.69) is 0 Å². The van der Waals surface area contributed by atoms with Crippen LogP contribution in [0.2, 0.25) is 0 Å². The Morgan fingerprint density at radius 1 is 0.812 bits per heavy atom. The van der Waals surface area contributed by atoms with E-state index in [9.17, 15) is 13.2 Å². The highest BCUT2D eigenvalue weighted by atomic mass is 32.2. The van der Waals surface area contributed by atoms with Crippen LogP contribution in [0.15, 0.2) is 88.7 Å². The molecule has 0 N–H and O–H groups in total. The van der Waals surface area contributed by atoms with Crippen LogP contribution in [0.5, 0.6) is 11.5 Å². The smallest absolute Gasteiger partial charge is 0.347 e. The van der Waals surface area contributed by atoms with E-state index < -0.39 is 21.9 Å². The van der Waals surface area contributed by atoms with Crippen molar-refractivity contribution in [2.24, 2.45) is 0 Å². The summed E-state index contributed by atoms with van der Waals surface area (Å²) in [4.78, 5) is 12.2. The van der Waals surface area contributed by atoms with Crippen LogP contribution in [0.1, 0.15) is 25.8 Å². The maximum Gasteiger partial charge on any atom is 0.347 e. The van der Waals surface area contributed by atoms with Gasteiger partial charge in [-0.25, -0.2) is 13.2 Å². The molecule has 0 fully saturated rings. The van der Waals surface area contributed by atoms with Gasteiger partial charge in [-0.05, 0) is 67.4 Å². The summed E-state index contributed by atoms with van der Waals surface area (Å²) in [5, 5.41) is 0. The summed E-state index contributed by atoms with van der Waals surface area (Å²) in [5.74, 6) is 0.538. The molecule has 168 valence electrons. The maximum absolute atomic E-state index is 13.0. The number of rotatable bonds is 10. The van der Waals surface area contributed by atoms with Crippen molar-refractivity contribution in [3.63, 3.8) is 0 Å². The van der Waals surface area contributed by atoms with Gasteiger partial charge in [0.25, 0.3) is 0 Å². The predicted molar refractivity (Wildman–Crippen MR) is 120 cm³/mol. The third-order valence-electron chi connectivity index (χ3n) is 4.72. The summed E-state index contributed by atoms with van der Waals surface area (Å²) >= 11 is 0. The van der Waals surface area contributed by atoms with E-state index in [1.165, 1.54) is 36.4 Å². The lowest BCUT2D eigenvalue weighted by atomic mass is 10.2. The summed E-state index contributed by atoms with van der Waals surface area (Å²) in [6.07, 6.45) is -0.293. The Kier molecular flexibility index (Phi) is 7.89. The van der Waals surface area contributed by atoms with E-state index in [-0.39, 0.29) is 16.4 Å². The Morgan fingerprint density at radius 2 is 1.38 bits per heavy atom. The van der Waals surface area contributed by atoms with Gasteiger partial charge < -0.3 is 14.2 Å². The molecule has 0 spiro atoms. The summed E-state index contributed by atoms with van der Waals surface area (Å²) in [6, 6.07) is 22.0. The Bertz CT molecular complexity index is 1110. The number of ether oxygens (including phenoxy) is 3. The van der Waals surface area contributed by atoms with E-state index in [4.69, 9.17) is 14.2 Å². The van der Waals surface area contributed by atoms with Gasteiger partial charge in [-0.15, -0.1) is 0 Å². The molecule has 0 unspecified atom stereocenters. The van der Waals surface area contributed by atoms with Gasteiger partial charge in [0.2, 0.25) is 9.84 Å². The molecule has 0 aliphatic rings. The molecule has 1 atom stereocenters. The van der Waals surface area contributed by atoms with Crippen LogP contribution in [-0.2, 0) is 26.0 Å². The minimum absolute atomic E-state index is 0.131. The molecule has 0 saturated carbocycles. The topological polar surface area (TPSA) is 78.9 Å². The molecule has 6 nitrogen and oxygen atoms in total. The van der Waals surface area contributed by atoms with Gasteiger partial charge in [0.15, 0.2) is 6.10 Å². The standard InChI is InChI=1S/C25H26O6S/c1-3-24(25(26)29-4-2)31-21-12-16-23(17-13-21)32(27,28)22-14-10-20(11-15-22)30-18-19-8-6-5-7-9-19/h5-17,24H,3-4,18H2,1-2H3/t24-/m1/s1. The molecule has 0 aromatic heterocycles. The molecule has 0 bridgehead atoms. The number of hydrogen-bond donors (Lipinski definition) is 0. The van der Waals surface area contributed by atoms with Crippen LogP contribution in [0, 0.1) is 0 Å². The average Bonchev–Trinajstić information content (AvgIpc) is 2.82. The number of hydrogen-bond acceptors (Lipinski definition) is 6. The fourth-order valence-corrected chi connectivity index (χ4v) is 4.25. The zero-order valence-corrected chi connectivity index (χ0v) is 18.9. The van der Waals surface area contributed by atoms with Gasteiger partial charge in [-0.2, -0.15) is 0 Å². The molecule has 3 aromatic rings. The van der Waals surface area contributed by atoms with E-state index in [0.717, 1.165) is 5.56 Å². The first kappa shape index (κ1) is 23.3. The largest absolute Gasteiger partial charge is 0.489 e. The molecule has 7 heteroatoms. The molecule has 0 saturated heterocycles. The van der Waals surface area contributed by atoms with Crippen molar-refractivity contribution in [2.45, 2.75) is 42.8 Å². The normalized spacial score (nSPS) is 12.1. The second kappa shape index (κ2) is 10.8. The number of esters is 1. The second-order valence-electron chi connectivity index (χ2n) is 6.99. The zero-order chi connectivity index (χ0) is 23.0. The van der Waals surface area contributed by atoms with E-state index >= 15 is 0 Å². The zero-order valence-electron chi connectivity index (χ0n) is 18.1. The first-order valence-electron chi connectivity index (χ1n) is 10.4. The Labute approximate surface area is 188 Å². The summed E-state index contributed by atoms with van der Waals surface area (Å²) in [6.45, 7) is 4.21. The van der Waals surface area contributed by atoms with Crippen LogP contribution in [0.3, 0.4) is 0 Å². The van der Waals surface area contributed by atoms with Crippen LogP contribution in [-0.4, -0.2) is 27.1 Å². The highest BCUT2D eigenvalue weighted by Gasteiger charge is 2.21. The van der Waals surface area contributed by atoms with E-state index in [1.54, 1.807) is 19.1 Å². The van der Waals surface area contributed by atoms with Crippen molar-refractivity contribution in [3.8, 4) is 11.5 Å². The second-order valence-corrected chi connectivity index (χ2v) is 8.94. The minimum atomic E-state index is -3.70. The molecular weight excluding hydrogens is 428 g/mol. The highest BCUT2D eigenvalue weighted by molar-refractivity contribution is 7.91. The third-order valence-corrected chi connectivity index (χ3v) is 6.50. The number of carbonyl (C=O) groups is 1. The van der Waals surface area contributed by atoms with E-state index in [0.29, 0.717) is 24.5 Å². The first-order chi connectivity index (χ1) is 15.4. The van der Waals surface area contributed by atoms with Crippen molar-refractivity contribution >= 4 is 15.8 Å². The summed E-state index contributed by atoms with van der Waals surface area (Å²) in [5.41, 5.74) is 1.03. The maximum atomic E-state index is 13.0. The van der Waals surface area contributed by atoms with Gasteiger partial charge in [0.1, 0.15) is 18.1 Å². The molecule has 0 heterocycles. The van der Waals surface area contributed by atoms with E-state index in [1.807, 2.05) is 37.3 Å². The first-order valence-corrected chi connectivity index (χ1v) is 11.9. The molecule has 3 aromatic carbocycles. The number of benzene rings is 3. The van der Waals surface area contributed by atoms with Crippen LogP contribution in [0.4, 0.5) is 0 Å². The van der Waals surface area contributed by atoms with Gasteiger partial charge in [0, 0.05) is 0 Å². The van der Waals surface area contributed by atoms with Crippen LogP contribution < -0.4 is 9.47 Å². The van der Waals surface area contributed by atoms with Crippen molar-refractivity contribution in [3.05, 3.63) is 84.4 Å². The average molecular weight is 455 g/mol. The van der Waals surface area contributed by atoms with Crippen molar-refractivity contribution in [1.29, 1.82) is 0 Å². The monoisotopic (exact) mass is 454 g/mol. The van der Waals surface area contributed by atoms with Crippen LogP contribution >= 0.6 is 0 Å². The summed E-state index contributed by atoms with van der Waals surface area (Å²) < 4.78 is 42.2. The SMILES string of the molecule is CCOC(=O)[C@@H](CC)Oc1ccc(S(=O)(=O)c2ccc(OCc3ccccc3)cc2)cc1. The van der Waals surface area contributed by atoms with Crippen molar-refractivity contribution in [1.82, 2.24) is 0 Å². The van der Waals surface area contributed by atoms with Gasteiger partial charge in [-0.1, -0.05) is 37.3 Å². The Hall–Kier alpha value is -3.32. The lowest BCUT2D eigenvalue weighted by Gasteiger charge is -2.16. The molecule has 0 radical (unpaired) electrons. The molecule has 32 heavy (non-hydrogen) atoms. The Morgan fingerprint density at radius 3 is 1.91 bits per heavy atom. The van der Waals surface area contributed by atoms with Gasteiger partial charge >= 0.3 is 5.97 Å². The lowest BCUT2D eigenvalue weighted by molar-refractivity contribution is -0.151. The van der Waals surface area contributed by atoms with Gasteiger partial charge in [-0.3, -0.25) is 0 Å². The Balaban J connectivity index is 1.67. The lowest BCUT2D eigenvalue weighted by Crippen LogP contribution is -2.28. The number of carbonyl (C=O) groups excluding carboxylic acids is 1. The quantitative estimate of drug-likeness (QED) is 0.409. The van der Waals surface area contributed by atoms with Crippen LogP contribution in [0.25, 0.3) is 0 Å². The molecule has 0 aliphatic carbocycles. The molecule has 0 aliphatic heterocycles. The molecule has 3 rings (SSSR count). The third kappa shape index (κ3) is 5.88. The van der Waals surface area contributed by atoms with Gasteiger partial charge in [0.05, 0.1) is 16.4 Å². The molecular formula is C25H26O6S. The number of sulfone groups is 1.